The van der Waals surface area contributed by atoms with Crippen LogP contribution in [-0.2, 0) is 0 Å². The molecule has 1 heterocycles. The van der Waals surface area contributed by atoms with E-state index in [9.17, 15) is 9.90 Å². The molecule has 0 bridgehead atoms. The van der Waals surface area contributed by atoms with Crippen molar-refractivity contribution in [2.45, 2.75) is 0 Å². The number of ether oxygens (including phenoxy) is 1. The first kappa shape index (κ1) is 18.2. The molecule has 6 nitrogen and oxygen atoms in total. The number of hydrogen-bond donors (Lipinski definition) is 2. The number of oxazole rings is 1. The largest absolute Gasteiger partial charge is 0.507 e. The smallest absolute Gasteiger partial charge is 0.417 e. The second kappa shape index (κ2) is 7.42. The van der Waals surface area contributed by atoms with Gasteiger partial charge in [0.1, 0.15) is 17.0 Å². The third-order valence-electron chi connectivity index (χ3n) is 3.85. The Morgan fingerprint density at radius 2 is 1.75 bits per heavy atom. The maximum absolute atomic E-state index is 12.0. The SMILES string of the molecule is O=C(Nc1ccc(-c2nc3cc(Cl)ccc3o2)c(O)c1)Oc1ccc(Cl)cc1. The molecule has 0 atom stereocenters. The van der Waals surface area contributed by atoms with Crippen LogP contribution in [0.4, 0.5) is 10.5 Å². The summed E-state index contributed by atoms with van der Waals surface area (Å²) in [6.45, 7) is 0. The number of fused-ring (bicyclic) bond motifs is 1. The zero-order valence-electron chi connectivity index (χ0n) is 14.1. The van der Waals surface area contributed by atoms with Crippen LogP contribution in [0.2, 0.25) is 10.0 Å². The van der Waals surface area contributed by atoms with Crippen molar-refractivity contribution in [3.63, 3.8) is 0 Å². The lowest BCUT2D eigenvalue weighted by Gasteiger charge is -2.08. The highest BCUT2D eigenvalue weighted by molar-refractivity contribution is 6.31. The summed E-state index contributed by atoms with van der Waals surface area (Å²) in [4.78, 5) is 16.3. The topological polar surface area (TPSA) is 84.6 Å². The molecule has 140 valence electrons. The standard InChI is InChI=1S/C20H12Cl2N2O4/c21-11-1-5-14(6-2-11)27-20(26)23-13-4-7-15(17(25)10-13)19-24-16-9-12(22)3-8-18(16)28-19/h1-10,25H,(H,23,26). The fourth-order valence-electron chi connectivity index (χ4n) is 2.56. The first-order valence-corrected chi connectivity index (χ1v) is 8.87. The van der Waals surface area contributed by atoms with E-state index in [-0.39, 0.29) is 11.6 Å². The van der Waals surface area contributed by atoms with Crippen LogP contribution >= 0.6 is 23.2 Å². The van der Waals surface area contributed by atoms with E-state index < -0.39 is 6.09 Å². The molecule has 0 saturated heterocycles. The third kappa shape index (κ3) is 3.88. The van der Waals surface area contributed by atoms with Crippen molar-refractivity contribution in [1.29, 1.82) is 0 Å². The van der Waals surface area contributed by atoms with E-state index in [2.05, 4.69) is 10.3 Å². The number of aromatic nitrogens is 1. The molecule has 4 rings (SSSR count). The number of halogens is 2. The molecule has 1 aromatic heterocycles. The van der Waals surface area contributed by atoms with Gasteiger partial charge in [0.15, 0.2) is 5.58 Å². The van der Waals surface area contributed by atoms with E-state index in [1.807, 2.05) is 0 Å². The maximum atomic E-state index is 12.0. The van der Waals surface area contributed by atoms with Crippen molar-refractivity contribution in [3.8, 4) is 23.0 Å². The van der Waals surface area contributed by atoms with Crippen LogP contribution in [0.5, 0.6) is 11.5 Å². The minimum atomic E-state index is -0.703. The van der Waals surface area contributed by atoms with E-state index in [0.29, 0.717) is 38.1 Å². The number of amides is 1. The molecule has 4 aromatic rings. The van der Waals surface area contributed by atoms with Gasteiger partial charge in [0, 0.05) is 21.8 Å². The maximum Gasteiger partial charge on any atom is 0.417 e. The van der Waals surface area contributed by atoms with Crippen LogP contribution in [0.3, 0.4) is 0 Å². The highest BCUT2D eigenvalue weighted by atomic mass is 35.5. The van der Waals surface area contributed by atoms with Crippen LogP contribution in [0.25, 0.3) is 22.6 Å². The Hall–Kier alpha value is -3.22. The monoisotopic (exact) mass is 414 g/mol. The second-order valence-corrected chi connectivity index (χ2v) is 6.70. The molecule has 1 amide bonds. The molecule has 0 aliphatic rings. The number of carbonyl (C=O) groups excluding carboxylic acids is 1. The molecule has 0 radical (unpaired) electrons. The molecule has 3 aromatic carbocycles. The first-order valence-electron chi connectivity index (χ1n) is 8.12. The van der Waals surface area contributed by atoms with Crippen molar-refractivity contribution in [1.82, 2.24) is 4.98 Å². The molecular formula is C20H12Cl2N2O4. The highest BCUT2D eigenvalue weighted by Gasteiger charge is 2.14. The zero-order chi connectivity index (χ0) is 19.7. The number of carbonyl (C=O) groups is 1. The van der Waals surface area contributed by atoms with E-state index in [4.69, 9.17) is 32.4 Å². The van der Waals surface area contributed by atoms with Gasteiger partial charge in [-0.3, -0.25) is 5.32 Å². The molecule has 28 heavy (non-hydrogen) atoms. The van der Waals surface area contributed by atoms with E-state index in [1.54, 1.807) is 54.6 Å². The fourth-order valence-corrected chi connectivity index (χ4v) is 2.85. The number of rotatable bonds is 3. The van der Waals surface area contributed by atoms with Gasteiger partial charge in [-0.2, -0.15) is 0 Å². The van der Waals surface area contributed by atoms with Gasteiger partial charge in [-0.1, -0.05) is 23.2 Å². The van der Waals surface area contributed by atoms with Gasteiger partial charge < -0.3 is 14.3 Å². The Bertz CT molecular complexity index is 1170. The molecule has 0 unspecified atom stereocenters. The lowest BCUT2D eigenvalue weighted by atomic mass is 10.2. The molecule has 0 fully saturated rings. The van der Waals surface area contributed by atoms with Gasteiger partial charge in [0.2, 0.25) is 5.89 Å². The average molecular weight is 415 g/mol. The Morgan fingerprint density at radius 1 is 1.00 bits per heavy atom. The predicted molar refractivity (Wildman–Crippen MR) is 107 cm³/mol. The van der Waals surface area contributed by atoms with Crippen LogP contribution < -0.4 is 10.1 Å². The van der Waals surface area contributed by atoms with Gasteiger partial charge in [-0.15, -0.1) is 0 Å². The van der Waals surface area contributed by atoms with Crippen LogP contribution in [0, 0.1) is 0 Å². The number of aromatic hydroxyl groups is 1. The van der Waals surface area contributed by atoms with Crippen LogP contribution in [-0.4, -0.2) is 16.2 Å². The van der Waals surface area contributed by atoms with Gasteiger partial charge in [-0.25, -0.2) is 9.78 Å². The van der Waals surface area contributed by atoms with E-state index >= 15 is 0 Å². The number of hydrogen-bond acceptors (Lipinski definition) is 5. The van der Waals surface area contributed by atoms with E-state index in [1.165, 1.54) is 6.07 Å². The average Bonchev–Trinajstić information content (AvgIpc) is 3.06. The van der Waals surface area contributed by atoms with Crippen molar-refractivity contribution in [2.24, 2.45) is 0 Å². The van der Waals surface area contributed by atoms with Crippen molar-refractivity contribution in [3.05, 3.63) is 70.7 Å². The summed E-state index contributed by atoms with van der Waals surface area (Å²) in [5.41, 5.74) is 1.85. The fraction of sp³-hybridized carbons (Fsp3) is 0. The van der Waals surface area contributed by atoms with Crippen LogP contribution in [0.1, 0.15) is 0 Å². The first-order chi connectivity index (χ1) is 13.5. The summed E-state index contributed by atoms with van der Waals surface area (Å²) in [5.74, 6) is 0.472. The summed E-state index contributed by atoms with van der Waals surface area (Å²) in [6.07, 6.45) is -0.703. The van der Waals surface area contributed by atoms with Gasteiger partial charge in [0.25, 0.3) is 0 Å². The van der Waals surface area contributed by atoms with Crippen molar-refractivity contribution in [2.75, 3.05) is 5.32 Å². The normalized spacial score (nSPS) is 10.8. The zero-order valence-corrected chi connectivity index (χ0v) is 15.7. The molecule has 0 spiro atoms. The van der Waals surface area contributed by atoms with Gasteiger partial charge in [0.05, 0.1) is 5.56 Å². The Kier molecular flexibility index (Phi) is 4.81. The minimum Gasteiger partial charge on any atom is -0.507 e. The third-order valence-corrected chi connectivity index (χ3v) is 4.34. The van der Waals surface area contributed by atoms with Crippen LogP contribution in [0.15, 0.2) is 65.1 Å². The number of benzene rings is 3. The Labute approximate surface area is 169 Å². The Balaban J connectivity index is 1.52. The number of phenolic OH excluding ortho intramolecular Hbond substituents is 1. The molecule has 0 aliphatic heterocycles. The second-order valence-electron chi connectivity index (χ2n) is 5.83. The Morgan fingerprint density at radius 3 is 2.50 bits per heavy atom. The molecule has 0 aliphatic carbocycles. The number of nitrogens with zero attached hydrogens (tertiary/aromatic N) is 1. The van der Waals surface area contributed by atoms with Crippen molar-refractivity contribution < 1.29 is 19.1 Å². The summed E-state index contributed by atoms with van der Waals surface area (Å²) in [7, 11) is 0. The molecular weight excluding hydrogens is 403 g/mol. The van der Waals surface area contributed by atoms with E-state index in [0.717, 1.165) is 0 Å². The number of phenols is 1. The van der Waals surface area contributed by atoms with Gasteiger partial charge >= 0.3 is 6.09 Å². The summed E-state index contributed by atoms with van der Waals surface area (Å²) >= 11 is 11.7. The minimum absolute atomic E-state index is 0.109. The number of nitrogens with one attached hydrogen (secondary N) is 1. The lowest BCUT2D eigenvalue weighted by Crippen LogP contribution is -2.16. The van der Waals surface area contributed by atoms with Crippen molar-refractivity contribution >= 4 is 46.1 Å². The molecule has 2 N–H and O–H groups in total. The quantitative estimate of drug-likeness (QED) is 0.421. The predicted octanol–water partition coefficient (Wildman–Crippen LogP) is 6.12. The number of anilines is 1. The highest BCUT2D eigenvalue weighted by Crippen LogP contribution is 2.33. The van der Waals surface area contributed by atoms with Gasteiger partial charge in [-0.05, 0) is 54.6 Å². The summed E-state index contributed by atoms with van der Waals surface area (Å²) in [6, 6.07) is 16.0. The lowest BCUT2D eigenvalue weighted by molar-refractivity contribution is 0.215. The summed E-state index contributed by atoms with van der Waals surface area (Å²) in [5, 5.41) is 13.9. The molecule has 0 saturated carbocycles. The summed E-state index contributed by atoms with van der Waals surface area (Å²) < 4.78 is 10.8. The molecule has 8 heteroatoms.